The number of benzene rings is 2. The van der Waals surface area contributed by atoms with Gasteiger partial charge in [-0.2, -0.15) is 0 Å². The van der Waals surface area contributed by atoms with Gasteiger partial charge in [-0.15, -0.1) is 23.7 Å². The summed E-state index contributed by atoms with van der Waals surface area (Å²) in [4.78, 5) is 21.6. The first-order valence-electron chi connectivity index (χ1n) is 9.73. The molecule has 29 heavy (non-hydrogen) atoms. The Kier molecular flexibility index (Phi) is 7.42. The molecule has 0 radical (unpaired) electrons. The van der Waals surface area contributed by atoms with E-state index in [1.54, 1.807) is 11.3 Å². The fraction of sp³-hybridized carbons (Fsp3) is 0.304. The van der Waals surface area contributed by atoms with Crippen LogP contribution in [0, 0.1) is 6.92 Å². The van der Waals surface area contributed by atoms with E-state index in [1.165, 1.54) is 11.1 Å². The lowest BCUT2D eigenvalue weighted by Crippen LogP contribution is -2.48. The van der Waals surface area contributed by atoms with Crippen molar-refractivity contribution in [2.24, 2.45) is 0 Å². The summed E-state index contributed by atoms with van der Waals surface area (Å²) in [6, 6.07) is 18.7. The van der Waals surface area contributed by atoms with E-state index in [4.69, 9.17) is 0 Å². The monoisotopic (exact) mass is 427 g/mol. The second kappa shape index (κ2) is 10.0. The van der Waals surface area contributed by atoms with Crippen LogP contribution in [-0.2, 0) is 17.8 Å². The zero-order chi connectivity index (χ0) is 19.3. The Morgan fingerprint density at radius 3 is 2.24 bits per heavy atom. The van der Waals surface area contributed by atoms with Gasteiger partial charge in [-0.05, 0) is 23.6 Å². The zero-order valence-corrected chi connectivity index (χ0v) is 18.2. The Balaban J connectivity index is 0.00000240. The van der Waals surface area contributed by atoms with E-state index in [9.17, 15) is 4.79 Å². The molecule has 0 bridgehead atoms. The Hall–Kier alpha value is -2.21. The number of carbonyl (C=O) groups excluding carboxylic acids is 1. The minimum Gasteiger partial charge on any atom is -0.340 e. The van der Waals surface area contributed by atoms with E-state index in [2.05, 4.69) is 51.7 Å². The minimum atomic E-state index is 0. The van der Waals surface area contributed by atoms with Crippen molar-refractivity contribution >= 4 is 29.7 Å². The molecular formula is C23H26ClN3OS. The lowest BCUT2D eigenvalue weighted by atomic mass is 10.0. The molecule has 2 aromatic carbocycles. The molecule has 0 saturated carbocycles. The molecule has 0 unspecified atom stereocenters. The van der Waals surface area contributed by atoms with Gasteiger partial charge in [-0.3, -0.25) is 9.69 Å². The van der Waals surface area contributed by atoms with E-state index >= 15 is 0 Å². The summed E-state index contributed by atoms with van der Waals surface area (Å²) in [7, 11) is 0. The number of amides is 1. The van der Waals surface area contributed by atoms with E-state index < -0.39 is 0 Å². The van der Waals surface area contributed by atoms with Crippen LogP contribution in [0.15, 0.2) is 60.0 Å². The number of carbonyl (C=O) groups is 1. The number of hydrogen-bond donors (Lipinski definition) is 0. The third-order valence-corrected chi connectivity index (χ3v) is 6.12. The quantitative estimate of drug-likeness (QED) is 0.604. The second-order valence-corrected chi connectivity index (χ2v) is 8.22. The van der Waals surface area contributed by atoms with Crippen LogP contribution in [-0.4, -0.2) is 46.9 Å². The highest BCUT2D eigenvalue weighted by molar-refractivity contribution is 7.09. The minimum absolute atomic E-state index is 0. The molecule has 1 fully saturated rings. The Labute approximate surface area is 182 Å². The number of nitrogens with zero attached hydrogens (tertiary/aromatic N) is 3. The maximum absolute atomic E-state index is 12.7. The highest BCUT2D eigenvalue weighted by Gasteiger charge is 2.21. The highest BCUT2D eigenvalue weighted by atomic mass is 35.5. The molecule has 0 atom stereocenters. The molecule has 1 saturated heterocycles. The molecular weight excluding hydrogens is 402 g/mol. The number of aryl methyl sites for hydroxylation is 1. The average Bonchev–Trinajstić information content (AvgIpc) is 3.14. The molecule has 0 N–H and O–H groups in total. The molecule has 1 aromatic heterocycles. The van der Waals surface area contributed by atoms with Gasteiger partial charge in [-0.1, -0.05) is 54.6 Å². The summed E-state index contributed by atoms with van der Waals surface area (Å²) in [6.07, 6.45) is 0.473. The van der Waals surface area contributed by atoms with Gasteiger partial charge >= 0.3 is 0 Å². The van der Waals surface area contributed by atoms with Crippen molar-refractivity contribution in [3.63, 3.8) is 0 Å². The van der Waals surface area contributed by atoms with Crippen molar-refractivity contribution < 1.29 is 4.79 Å². The maximum Gasteiger partial charge on any atom is 0.227 e. The summed E-state index contributed by atoms with van der Waals surface area (Å²) in [5.41, 5.74) is 4.55. The summed E-state index contributed by atoms with van der Waals surface area (Å²) in [5.74, 6) is 0.220. The van der Waals surface area contributed by atoms with E-state index in [0.29, 0.717) is 6.42 Å². The van der Waals surface area contributed by atoms with Gasteiger partial charge in [0, 0.05) is 37.3 Å². The largest absolute Gasteiger partial charge is 0.340 e. The number of rotatable bonds is 5. The van der Waals surface area contributed by atoms with E-state index in [-0.39, 0.29) is 18.3 Å². The molecule has 1 aliphatic rings. The van der Waals surface area contributed by atoms with Gasteiger partial charge in [-0.25, -0.2) is 4.98 Å². The predicted molar refractivity (Wildman–Crippen MR) is 122 cm³/mol. The second-order valence-electron chi connectivity index (χ2n) is 7.28. The predicted octanol–water partition coefficient (Wildman–Crippen LogP) is 4.43. The lowest BCUT2D eigenvalue weighted by molar-refractivity contribution is -0.132. The van der Waals surface area contributed by atoms with Crippen LogP contribution in [0.3, 0.4) is 0 Å². The van der Waals surface area contributed by atoms with Crippen LogP contribution in [0.1, 0.15) is 16.3 Å². The first-order chi connectivity index (χ1) is 13.7. The fourth-order valence-corrected chi connectivity index (χ4v) is 4.37. The smallest absolute Gasteiger partial charge is 0.227 e. The SMILES string of the molecule is Cc1csc(CN2CCN(C(=O)Cc3ccc(-c4ccccc4)cc3)CC2)n1.Cl. The standard InChI is InChI=1S/C23H25N3OS.ClH/c1-18-17-28-22(24-18)16-25-11-13-26(14-12-25)23(27)15-19-7-9-21(10-8-19)20-5-3-2-4-6-20;/h2-10,17H,11-16H2,1H3;1H. The molecule has 1 aliphatic heterocycles. The third-order valence-electron chi connectivity index (χ3n) is 5.17. The highest BCUT2D eigenvalue weighted by Crippen LogP contribution is 2.20. The molecule has 152 valence electrons. The molecule has 4 rings (SSSR count). The van der Waals surface area contributed by atoms with Crippen molar-refractivity contribution in [3.05, 3.63) is 76.2 Å². The Morgan fingerprint density at radius 2 is 1.62 bits per heavy atom. The van der Waals surface area contributed by atoms with E-state index in [0.717, 1.165) is 49.0 Å². The maximum atomic E-state index is 12.7. The van der Waals surface area contributed by atoms with Crippen molar-refractivity contribution in [3.8, 4) is 11.1 Å². The van der Waals surface area contributed by atoms with Crippen molar-refractivity contribution in [1.82, 2.24) is 14.8 Å². The lowest BCUT2D eigenvalue weighted by Gasteiger charge is -2.34. The summed E-state index contributed by atoms with van der Waals surface area (Å²) >= 11 is 1.72. The molecule has 0 aliphatic carbocycles. The molecule has 4 nitrogen and oxygen atoms in total. The van der Waals surface area contributed by atoms with Gasteiger partial charge in [0.2, 0.25) is 5.91 Å². The molecule has 6 heteroatoms. The third kappa shape index (κ3) is 5.66. The van der Waals surface area contributed by atoms with Gasteiger partial charge in [0.15, 0.2) is 0 Å². The Bertz CT molecular complexity index is 919. The zero-order valence-electron chi connectivity index (χ0n) is 16.6. The van der Waals surface area contributed by atoms with Gasteiger partial charge in [0.05, 0.1) is 13.0 Å². The van der Waals surface area contributed by atoms with E-state index in [1.807, 2.05) is 30.0 Å². The Morgan fingerprint density at radius 1 is 0.966 bits per heavy atom. The number of thiazole rings is 1. The molecule has 2 heterocycles. The molecule has 0 spiro atoms. The van der Waals surface area contributed by atoms with Crippen LogP contribution < -0.4 is 0 Å². The first-order valence-corrected chi connectivity index (χ1v) is 10.6. The van der Waals surface area contributed by atoms with Gasteiger partial charge < -0.3 is 4.90 Å². The number of halogens is 1. The molecule has 1 amide bonds. The number of piperazine rings is 1. The van der Waals surface area contributed by atoms with Crippen molar-refractivity contribution in [2.75, 3.05) is 26.2 Å². The summed E-state index contributed by atoms with van der Waals surface area (Å²) < 4.78 is 0. The summed E-state index contributed by atoms with van der Waals surface area (Å²) in [5, 5.41) is 3.26. The van der Waals surface area contributed by atoms with Crippen LogP contribution in [0.25, 0.3) is 11.1 Å². The molecule has 3 aromatic rings. The van der Waals surface area contributed by atoms with Crippen molar-refractivity contribution in [1.29, 1.82) is 0 Å². The van der Waals surface area contributed by atoms with Crippen LogP contribution in [0.5, 0.6) is 0 Å². The first kappa shape index (κ1) is 21.5. The van der Waals surface area contributed by atoms with Crippen molar-refractivity contribution in [2.45, 2.75) is 19.9 Å². The van der Waals surface area contributed by atoms with Crippen LogP contribution in [0.2, 0.25) is 0 Å². The average molecular weight is 428 g/mol. The van der Waals surface area contributed by atoms with Crippen LogP contribution in [0.4, 0.5) is 0 Å². The van der Waals surface area contributed by atoms with Gasteiger partial charge in [0.1, 0.15) is 5.01 Å². The normalized spacial score (nSPS) is 14.4. The number of aromatic nitrogens is 1. The number of hydrogen-bond acceptors (Lipinski definition) is 4. The topological polar surface area (TPSA) is 36.4 Å². The van der Waals surface area contributed by atoms with Gasteiger partial charge in [0.25, 0.3) is 0 Å². The summed E-state index contributed by atoms with van der Waals surface area (Å²) in [6.45, 7) is 6.34. The fourth-order valence-electron chi connectivity index (χ4n) is 3.55. The van der Waals surface area contributed by atoms with Crippen LogP contribution >= 0.6 is 23.7 Å².